The molecule has 0 fully saturated rings. The Labute approximate surface area is 159 Å². The van der Waals surface area contributed by atoms with E-state index in [9.17, 15) is 18.0 Å². The molecule has 1 heterocycles. The normalized spacial score (nSPS) is 18.3. The largest absolute Gasteiger partial charge is 0.454 e. The summed E-state index contributed by atoms with van der Waals surface area (Å²) in [5.74, 6) is -1.12. The van der Waals surface area contributed by atoms with Gasteiger partial charge >= 0.3 is 5.97 Å². The smallest absolute Gasteiger partial charge is 0.331 e. The monoisotopic (exact) mass is 395 g/mol. The third kappa shape index (κ3) is 5.06. The predicted octanol–water partition coefficient (Wildman–Crippen LogP) is 1.21. The van der Waals surface area contributed by atoms with Gasteiger partial charge in [0.1, 0.15) is 5.84 Å². The molecule has 8 nitrogen and oxygen atoms in total. The van der Waals surface area contributed by atoms with E-state index in [4.69, 9.17) is 4.74 Å². The molecule has 0 saturated carbocycles. The number of fused-ring (bicyclic) bond motifs is 1. The van der Waals surface area contributed by atoms with Gasteiger partial charge in [0.15, 0.2) is 12.6 Å². The van der Waals surface area contributed by atoms with Gasteiger partial charge in [-0.25, -0.2) is 13.2 Å². The van der Waals surface area contributed by atoms with Crippen molar-refractivity contribution in [3.05, 3.63) is 29.8 Å². The molecule has 1 aliphatic rings. The van der Waals surface area contributed by atoms with Crippen molar-refractivity contribution < 1.29 is 22.7 Å². The number of sulfonamides is 1. The third-order valence-corrected chi connectivity index (χ3v) is 5.67. The number of nitrogens with one attached hydrogen (secondary N) is 2. The zero-order valence-electron chi connectivity index (χ0n) is 15.7. The van der Waals surface area contributed by atoms with Gasteiger partial charge < -0.3 is 10.1 Å². The number of carbonyl (C=O) groups is 2. The Morgan fingerprint density at radius 1 is 1.26 bits per heavy atom. The van der Waals surface area contributed by atoms with Crippen LogP contribution in [-0.2, 0) is 24.3 Å². The van der Waals surface area contributed by atoms with Crippen molar-refractivity contribution in [3.8, 4) is 0 Å². The van der Waals surface area contributed by atoms with Crippen molar-refractivity contribution in [3.63, 3.8) is 0 Å². The number of amides is 1. The standard InChI is InChI=1S/C18H25N3O5S/c1-4-10-19-15(22)11-26-18(23)16(12(3)5-2)20-17-13-8-6-7-9-14(13)27(24,25)21-17/h6-9,12,16H,4-5,10-11H2,1-3H3,(H,19,22)(H,20,21)/t12-,16-/m0/s1. The molecule has 0 saturated heterocycles. The number of carbonyl (C=O) groups excluding carboxylic acids is 2. The van der Waals surface area contributed by atoms with Crippen LogP contribution in [0.1, 0.15) is 39.2 Å². The van der Waals surface area contributed by atoms with Gasteiger partial charge in [0, 0.05) is 12.1 Å². The fraction of sp³-hybridized carbons (Fsp3) is 0.500. The van der Waals surface area contributed by atoms with E-state index in [2.05, 4.69) is 15.0 Å². The van der Waals surface area contributed by atoms with E-state index in [-0.39, 0.29) is 29.2 Å². The van der Waals surface area contributed by atoms with Crippen molar-refractivity contribution in [2.24, 2.45) is 10.9 Å². The molecule has 2 rings (SSSR count). The zero-order chi connectivity index (χ0) is 20.0. The van der Waals surface area contributed by atoms with Gasteiger partial charge in [-0.2, -0.15) is 0 Å². The molecule has 0 unspecified atom stereocenters. The Kier molecular flexibility index (Phi) is 6.95. The van der Waals surface area contributed by atoms with Crippen LogP contribution in [-0.4, -0.2) is 45.3 Å². The van der Waals surface area contributed by atoms with E-state index >= 15 is 0 Å². The number of hydrogen-bond acceptors (Lipinski definition) is 6. The maximum Gasteiger partial charge on any atom is 0.331 e. The highest BCUT2D eigenvalue weighted by Crippen LogP contribution is 2.24. The second-order valence-electron chi connectivity index (χ2n) is 6.37. The highest BCUT2D eigenvalue weighted by molar-refractivity contribution is 7.90. The molecule has 1 aromatic rings. The Hall–Kier alpha value is -2.42. The summed E-state index contributed by atoms with van der Waals surface area (Å²) in [6, 6.07) is 5.51. The second kappa shape index (κ2) is 8.98. The summed E-state index contributed by atoms with van der Waals surface area (Å²) >= 11 is 0. The Bertz CT molecular complexity index is 835. The van der Waals surface area contributed by atoms with Gasteiger partial charge in [-0.3, -0.25) is 14.5 Å². The average Bonchev–Trinajstić information content (AvgIpc) is 2.92. The van der Waals surface area contributed by atoms with E-state index in [1.54, 1.807) is 18.2 Å². The van der Waals surface area contributed by atoms with Crippen molar-refractivity contribution >= 4 is 27.7 Å². The predicted molar refractivity (Wildman–Crippen MR) is 101 cm³/mol. The highest BCUT2D eigenvalue weighted by Gasteiger charge is 2.33. The summed E-state index contributed by atoms with van der Waals surface area (Å²) in [6.45, 7) is 5.75. The summed E-state index contributed by atoms with van der Waals surface area (Å²) in [5.41, 5.74) is 0.416. The molecular weight excluding hydrogens is 370 g/mol. The maximum absolute atomic E-state index is 12.5. The molecule has 9 heteroatoms. The Balaban J connectivity index is 2.21. The maximum atomic E-state index is 12.5. The van der Waals surface area contributed by atoms with Crippen LogP contribution < -0.4 is 10.0 Å². The number of ether oxygens (including phenoxy) is 1. The molecular formula is C18H25N3O5S. The molecule has 0 radical (unpaired) electrons. The van der Waals surface area contributed by atoms with E-state index < -0.39 is 22.0 Å². The molecule has 0 spiro atoms. The van der Waals surface area contributed by atoms with Gasteiger partial charge in [0.2, 0.25) is 0 Å². The van der Waals surface area contributed by atoms with E-state index in [0.29, 0.717) is 18.5 Å². The number of benzene rings is 1. The summed E-state index contributed by atoms with van der Waals surface area (Å²) < 4.78 is 31.9. The van der Waals surface area contributed by atoms with Gasteiger partial charge in [0.25, 0.3) is 15.9 Å². The molecule has 2 N–H and O–H groups in total. The lowest BCUT2D eigenvalue weighted by molar-refractivity contribution is -0.150. The molecule has 148 valence electrons. The Morgan fingerprint density at radius 3 is 2.63 bits per heavy atom. The summed E-state index contributed by atoms with van der Waals surface area (Å²) in [6.07, 6.45) is 1.41. The van der Waals surface area contributed by atoms with Gasteiger partial charge in [-0.05, 0) is 24.5 Å². The first-order chi connectivity index (χ1) is 12.8. The van der Waals surface area contributed by atoms with Gasteiger partial charge in [-0.1, -0.05) is 39.3 Å². The van der Waals surface area contributed by atoms with Crippen LogP contribution in [0.2, 0.25) is 0 Å². The number of amidine groups is 1. The zero-order valence-corrected chi connectivity index (χ0v) is 16.5. The van der Waals surface area contributed by atoms with Crippen LogP contribution in [0, 0.1) is 5.92 Å². The minimum atomic E-state index is -3.69. The van der Waals surface area contributed by atoms with E-state index in [1.807, 2.05) is 20.8 Å². The molecule has 0 bridgehead atoms. The first-order valence-corrected chi connectivity index (χ1v) is 10.4. The van der Waals surface area contributed by atoms with Crippen molar-refractivity contribution in [2.75, 3.05) is 13.2 Å². The van der Waals surface area contributed by atoms with Crippen molar-refractivity contribution in [1.82, 2.24) is 10.0 Å². The topological polar surface area (TPSA) is 114 Å². The number of aliphatic imine (C=N–C) groups is 1. The van der Waals surface area contributed by atoms with E-state index in [1.165, 1.54) is 6.07 Å². The Morgan fingerprint density at radius 2 is 1.96 bits per heavy atom. The lowest BCUT2D eigenvalue weighted by Gasteiger charge is -2.18. The number of rotatable bonds is 8. The van der Waals surface area contributed by atoms with Crippen molar-refractivity contribution in [2.45, 2.75) is 44.6 Å². The second-order valence-corrected chi connectivity index (χ2v) is 8.02. The lowest BCUT2D eigenvalue weighted by atomic mass is 9.99. The molecule has 0 aliphatic carbocycles. The van der Waals surface area contributed by atoms with Crippen LogP contribution >= 0.6 is 0 Å². The molecule has 1 amide bonds. The molecule has 1 aromatic carbocycles. The SMILES string of the molecule is CCCNC(=O)COC(=O)[C@@H](N=C1NS(=O)(=O)c2ccccc21)[C@@H](C)CC. The molecule has 27 heavy (non-hydrogen) atoms. The summed E-state index contributed by atoms with van der Waals surface area (Å²) in [4.78, 5) is 28.6. The lowest BCUT2D eigenvalue weighted by Crippen LogP contribution is -2.35. The minimum Gasteiger partial charge on any atom is -0.454 e. The summed E-state index contributed by atoms with van der Waals surface area (Å²) in [5, 5.41) is 2.62. The first kappa shape index (κ1) is 20.9. The van der Waals surface area contributed by atoms with Gasteiger partial charge in [-0.15, -0.1) is 0 Å². The van der Waals surface area contributed by atoms with Crippen LogP contribution in [0.15, 0.2) is 34.2 Å². The van der Waals surface area contributed by atoms with Crippen molar-refractivity contribution in [1.29, 1.82) is 0 Å². The van der Waals surface area contributed by atoms with Crippen LogP contribution in [0.25, 0.3) is 0 Å². The van der Waals surface area contributed by atoms with E-state index in [0.717, 1.165) is 6.42 Å². The quantitative estimate of drug-likeness (QED) is 0.642. The summed E-state index contributed by atoms with van der Waals surface area (Å²) in [7, 11) is -3.69. The number of hydrogen-bond donors (Lipinski definition) is 2. The molecule has 2 atom stereocenters. The third-order valence-electron chi connectivity index (χ3n) is 4.27. The fourth-order valence-corrected chi connectivity index (χ4v) is 3.78. The molecule has 0 aromatic heterocycles. The highest BCUT2D eigenvalue weighted by atomic mass is 32.2. The van der Waals surface area contributed by atoms with Crippen LogP contribution in [0.3, 0.4) is 0 Å². The molecule has 1 aliphatic heterocycles. The minimum absolute atomic E-state index is 0.114. The number of esters is 1. The van der Waals surface area contributed by atoms with Crippen LogP contribution in [0.5, 0.6) is 0 Å². The number of nitrogens with zero attached hydrogens (tertiary/aromatic N) is 1. The fourth-order valence-electron chi connectivity index (χ4n) is 2.54. The van der Waals surface area contributed by atoms with Gasteiger partial charge in [0.05, 0.1) is 4.90 Å². The first-order valence-electron chi connectivity index (χ1n) is 8.93. The van der Waals surface area contributed by atoms with Crippen LogP contribution in [0.4, 0.5) is 0 Å². The average molecular weight is 395 g/mol.